The number of nitrogens with zero attached hydrogens (tertiary/aromatic N) is 1. The minimum absolute atomic E-state index is 0.292. The average Bonchev–Trinajstić information content (AvgIpc) is 2.17. The fraction of sp³-hybridized carbons (Fsp3) is 1.00. The summed E-state index contributed by atoms with van der Waals surface area (Å²) in [7, 11) is 1.63. The lowest BCUT2D eigenvalue weighted by Crippen LogP contribution is -2.35. The number of hydrogen-bond donors (Lipinski definition) is 1. The Morgan fingerprint density at radius 3 is 2.64 bits per heavy atom. The molecule has 1 rings (SSSR count). The van der Waals surface area contributed by atoms with Crippen LogP contribution >= 0.6 is 0 Å². The number of aliphatic hydroxyl groups excluding tert-OH is 1. The summed E-state index contributed by atoms with van der Waals surface area (Å²) in [6, 6.07) is 0. The first-order chi connectivity index (χ1) is 6.72. The van der Waals surface area contributed by atoms with Crippen molar-refractivity contribution in [3.8, 4) is 0 Å². The number of likely N-dealkylation sites (tertiary alicyclic amines) is 1. The van der Waals surface area contributed by atoms with Crippen LogP contribution in [0.2, 0.25) is 0 Å². The van der Waals surface area contributed by atoms with Gasteiger partial charge in [0.15, 0.2) is 0 Å². The van der Waals surface area contributed by atoms with E-state index in [1.165, 1.54) is 25.9 Å². The van der Waals surface area contributed by atoms with Crippen LogP contribution in [0.4, 0.5) is 0 Å². The molecule has 0 amide bonds. The topological polar surface area (TPSA) is 32.7 Å². The molecule has 3 nitrogen and oxygen atoms in total. The zero-order chi connectivity index (χ0) is 10.4. The Morgan fingerprint density at radius 2 is 2.07 bits per heavy atom. The van der Waals surface area contributed by atoms with E-state index in [4.69, 9.17) is 4.74 Å². The van der Waals surface area contributed by atoms with Gasteiger partial charge >= 0.3 is 0 Å². The van der Waals surface area contributed by atoms with Crippen molar-refractivity contribution in [3.63, 3.8) is 0 Å². The van der Waals surface area contributed by atoms with Crippen molar-refractivity contribution in [2.75, 3.05) is 33.4 Å². The first-order valence-electron chi connectivity index (χ1n) is 5.61. The van der Waals surface area contributed by atoms with Crippen LogP contribution in [0.15, 0.2) is 0 Å². The van der Waals surface area contributed by atoms with Crippen LogP contribution in [-0.4, -0.2) is 49.5 Å². The van der Waals surface area contributed by atoms with Gasteiger partial charge in [0, 0.05) is 13.7 Å². The lowest BCUT2D eigenvalue weighted by Gasteiger charge is -2.30. The van der Waals surface area contributed by atoms with Gasteiger partial charge in [-0.1, -0.05) is 6.92 Å². The maximum atomic E-state index is 9.48. The van der Waals surface area contributed by atoms with Gasteiger partial charge in [0.25, 0.3) is 0 Å². The molecular weight excluding hydrogens is 178 g/mol. The van der Waals surface area contributed by atoms with Gasteiger partial charge in [-0.3, -0.25) is 0 Å². The molecule has 0 aromatic carbocycles. The largest absolute Gasteiger partial charge is 0.391 e. The SMILES string of the molecule is COCC(O)CCN1CCC(C)CC1. The second-order valence-corrected chi connectivity index (χ2v) is 4.42. The minimum Gasteiger partial charge on any atom is -0.391 e. The number of rotatable bonds is 5. The molecule has 1 N–H and O–H groups in total. The molecule has 14 heavy (non-hydrogen) atoms. The average molecular weight is 201 g/mol. The number of piperidine rings is 1. The van der Waals surface area contributed by atoms with Crippen molar-refractivity contribution in [3.05, 3.63) is 0 Å². The summed E-state index contributed by atoms with van der Waals surface area (Å²) in [5, 5.41) is 9.48. The van der Waals surface area contributed by atoms with Gasteiger partial charge in [-0.05, 0) is 38.3 Å². The molecule has 1 atom stereocenters. The van der Waals surface area contributed by atoms with Gasteiger partial charge in [0.1, 0.15) is 0 Å². The van der Waals surface area contributed by atoms with E-state index in [9.17, 15) is 5.11 Å². The summed E-state index contributed by atoms with van der Waals surface area (Å²) in [6.45, 7) is 6.18. The first kappa shape index (κ1) is 12.0. The monoisotopic (exact) mass is 201 g/mol. The third-order valence-corrected chi connectivity index (χ3v) is 3.01. The van der Waals surface area contributed by atoms with Crippen LogP contribution < -0.4 is 0 Å². The highest BCUT2D eigenvalue weighted by Gasteiger charge is 2.16. The van der Waals surface area contributed by atoms with Crippen LogP contribution in [0.3, 0.4) is 0 Å². The zero-order valence-electron chi connectivity index (χ0n) is 9.41. The molecule has 84 valence electrons. The molecule has 0 saturated carbocycles. The molecule has 0 aromatic rings. The van der Waals surface area contributed by atoms with Crippen LogP contribution in [0.25, 0.3) is 0 Å². The Hall–Kier alpha value is -0.120. The van der Waals surface area contributed by atoms with Crippen molar-refractivity contribution >= 4 is 0 Å². The van der Waals surface area contributed by atoms with Gasteiger partial charge in [0.2, 0.25) is 0 Å². The number of methoxy groups -OCH3 is 1. The van der Waals surface area contributed by atoms with Gasteiger partial charge in [-0.15, -0.1) is 0 Å². The number of aliphatic hydroxyl groups is 1. The van der Waals surface area contributed by atoms with Crippen LogP contribution in [0, 0.1) is 5.92 Å². The van der Waals surface area contributed by atoms with Crippen molar-refractivity contribution in [1.82, 2.24) is 4.90 Å². The quantitative estimate of drug-likeness (QED) is 0.723. The van der Waals surface area contributed by atoms with Crippen molar-refractivity contribution < 1.29 is 9.84 Å². The highest BCUT2D eigenvalue weighted by Crippen LogP contribution is 2.16. The Kier molecular flexibility index (Phi) is 5.45. The molecule has 1 unspecified atom stereocenters. The molecule has 0 aliphatic carbocycles. The van der Waals surface area contributed by atoms with Gasteiger partial charge in [-0.2, -0.15) is 0 Å². The highest BCUT2D eigenvalue weighted by molar-refractivity contribution is 4.70. The summed E-state index contributed by atoms with van der Waals surface area (Å²) in [5.74, 6) is 0.884. The van der Waals surface area contributed by atoms with Crippen LogP contribution in [0.5, 0.6) is 0 Å². The van der Waals surface area contributed by atoms with Gasteiger partial charge < -0.3 is 14.7 Å². The molecule has 1 heterocycles. The van der Waals surface area contributed by atoms with E-state index in [0.29, 0.717) is 6.61 Å². The number of hydrogen-bond acceptors (Lipinski definition) is 3. The second-order valence-electron chi connectivity index (χ2n) is 4.42. The maximum absolute atomic E-state index is 9.48. The highest BCUT2D eigenvalue weighted by atomic mass is 16.5. The second kappa shape index (κ2) is 6.38. The Balaban J connectivity index is 2.06. The Bertz CT molecular complexity index is 144. The molecule has 0 spiro atoms. The molecular formula is C11H23NO2. The molecule has 0 bridgehead atoms. The molecule has 0 radical (unpaired) electrons. The molecule has 3 heteroatoms. The molecule has 0 aromatic heterocycles. The third kappa shape index (κ3) is 4.40. The summed E-state index contributed by atoms with van der Waals surface area (Å²) in [6.07, 6.45) is 3.16. The maximum Gasteiger partial charge on any atom is 0.0785 e. The third-order valence-electron chi connectivity index (χ3n) is 3.01. The van der Waals surface area contributed by atoms with E-state index in [1.54, 1.807) is 7.11 Å². The lowest BCUT2D eigenvalue weighted by atomic mass is 9.99. The first-order valence-corrected chi connectivity index (χ1v) is 5.61. The lowest BCUT2D eigenvalue weighted by molar-refractivity contribution is 0.0486. The molecule has 1 aliphatic rings. The van der Waals surface area contributed by atoms with Crippen LogP contribution in [0.1, 0.15) is 26.2 Å². The minimum atomic E-state index is -0.292. The van der Waals surface area contributed by atoms with Crippen molar-refractivity contribution in [2.24, 2.45) is 5.92 Å². The van der Waals surface area contributed by atoms with Crippen molar-refractivity contribution in [1.29, 1.82) is 0 Å². The summed E-state index contributed by atoms with van der Waals surface area (Å²) in [4.78, 5) is 2.44. The normalized spacial score (nSPS) is 22.5. The van der Waals surface area contributed by atoms with Crippen LogP contribution in [-0.2, 0) is 4.74 Å². The number of ether oxygens (including phenoxy) is 1. The van der Waals surface area contributed by atoms with Gasteiger partial charge in [0.05, 0.1) is 12.7 Å². The molecule has 1 aliphatic heterocycles. The van der Waals surface area contributed by atoms with E-state index in [1.807, 2.05) is 0 Å². The summed E-state index contributed by atoms with van der Waals surface area (Å²) in [5.41, 5.74) is 0. The van der Waals surface area contributed by atoms with E-state index in [2.05, 4.69) is 11.8 Å². The van der Waals surface area contributed by atoms with E-state index in [-0.39, 0.29) is 6.10 Å². The fourth-order valence-electron chi connectivity index (χ4n) is 1.89. The predicted octanol–water partition coefficient (Wildman–Crippen LogP) is 1.12. The fourth-order valence-corrected chi connectivity index (χ4v) is 1.89. The molecule has 1 saturated heterocycles. The smallest absolute Gasteiger partial charge is 0.0785 e. The van der Waals surface area contributed by atoms with E-state index in [0.717, 1.165) is 18.9 Å². The predicted molar refractivity (Wildman–Crippen MR) is 57.3 cm³/mol. The zero-order valence-corrected chi connectivity index (χ0v) is 9.41. The van der Waals surface area contributed by atoms with Crippen molar-refractivity contribution in [2.45, 2.75) is 32.3 Å². The molecule has 1 fully saturated rings. The Morgan fingerprint density at radius 1 is 1.43 bits per heavy atom. The van der Waals surface area contributed by atoms with Gasteiger partial charge in [-0.25, -0.2) is 0 Å². The Labute approximate surface area is 87.1 Å². The summed E-state index contributed by atoms with van der Waals surface area (Å²) < 4.78 is 4.89. The van der Waals surface area contributed by atoms with E-state index < -0.39 is 0 Å². The summed E-state index contributed by atoms with van der Waals surface area (Å²) >= 11 is 0. The standard InChI is InChI=1S/C11H23NO2/c1-10-3-6-12(7-4-10)8-5-11(13)9-14-2/h10-11,13H,3-9H2,1-2H3. The van der Waals surface area contributed by atoms with E-state index >= 15 is 0 Å².